The molecule has 0 saturated carbocycles. The van der Waals surface area contributed by atoms with Gasteiger partial charge in [-0.25, -0.2) is 5.43 Å². The summed E-state index contributed by atoms with van der Waals surface area (Å²) in [7, 11) is 0. The van der Waals surface area contributed by atoms with E-state index < -0.39 is 11.8 Å². The molecule has 0 bridgehead atoms. The zero-order valence-electron chi connectivity index (χ0n) is 19.3. The Morgan fingerprint density at radius 3 is 2.37 bits per heavy atom. The number of nitrogens with one attached hydrogen (secondary N) is 3. The van der Waals surface area contributed by atoms with Gasteiger partial charge in [-0.1, -0.05) is 48.9 Å². The molecule has 9 heteroatoms. The standard InChI is InChI=1S/C26H25ClN4O4/c1-3-18-9-12-20(13-10-18)30-25(33)26(34)31-28-15-19-6-4-5-7-23(19)35-16-24(32)29-21-11-8-17(2)22(27)14-21/h4-15H,3,16H2,1-2H3,(H,29,32)(H,30,33)(H,31,34)/b28-15-. The van der Waals surface area contributed by atoms with Gasteiger partial charge in [0.05, 0.1) is 6.21 Å². The van der Waals surface area contributed by atoms with Crippen molar-refractivity contribution in [1.82, 2.24) is 5.43 Å². The molecule has 0 atom stereocenters. The van der Waals surface area contributed by atoms with Crippen molar-refractivity contribution in [3.05, 3.63) is 88.4 Å². The summed E-state index contributed by atoms with van der Waals surface area (Å²) < 4.78 is 5.60. The summed E-state index contributed by atoms with van der Waals surface area (Å²) in [5.74, 6) is -1.75. The number of rotatable bonds is 8. The van der Waals surface area contributed by atoms with Gasteiger partial charge in [0.1, 0.15) is 5.75 Å². The summed E-state index contributed by atoms with van der Waals surface area (Å²) in [6.07, 6.45) is 2.20. The average Bonchev–Trinajstić information content (AvgIpc) is 2.86. The lowest BCUT2D eigenvalue weighted by atomic mass is 10.1. The van der Waals surface area contributed by atoms with Crippen LogP contribution in [0.3, 0.4) is 0 Å². The van der Waals surface area contributed by atoms with Crippen LogP contribution in [0.4, 0.5) is 11.4 Å². The fraction of sp³-hybridized carbons (Fsp3) is 0.154. The van der Waals surface area contributed by atoms with Gasteiger partial charge in [0.15, 0.2) is 6.61 Å². The molecule has 0 aliphatic rings. The molecule has 3 aromatic rings. The number of benzene rings is 3. The summed E-state index contributed by atoms with van der Waals surface area (Å²) in [5.41, 5.74) is 5.79. The quantitative estimate of drug-likeness (QED) is 0.247. The smallest absolute Gasteiger partial charge is 0.329 e. The topological polar surface area (TPSA) is 109 Å². The molecule has 0 unspecified atom stereocenters. The predicted octanol–water partition coefficient (Wildman–Crippen LogP) is 4.32. The van der Waals surface area contributed by atoms with E-state index in [1.54, 1.807) is 54.6 Å². The van der Waals surface area contributed by atoms with E-state index in [1.807, 2.05) is 26.0 Å². The third-order valence-electron chi connectivity index (χ3n) is 4.93. The number of carbonyl (C=O) groups is 3. The van der Waals surface area contributed by atoms with E-state index in [-0.39, 0.29) is 12.5 Å². The molecule has 35 heavy (non-hydrogen) atoms. The third-order valence-corrected chi connectivity index (χ3v) is 5.34. The summed E-state index contributed by atoms with van der Waals surface area (Å²) in [4.78, 5) is 36.4. The van der Waals surface area contributed by atoms with Gasteiger partial charge in [-0.3, -0.25) is 14.4 Å². The average molecular weight is 493 g/mol. The minimum atomic E-state index is -0.921. The monoisotopic (exact) mass is 492 g/mol. The van der Waals surface area contributed by atoms with E-state index in [0.717, 1.165) is 17.5 Å². The summed E-state index contributed by atoms with van der Waals surface area (Å²) in [6, 6.07) is 19.3. The van der Waals surface area contributed by atoms with Crippen LogP contribution in [0, 0.1) is 6.92 Å². The van der Waals surface area contributed by atoms with E-state index >= 15 is 0 Å². The Labute approximate surface area is 208 Å². The Morgan fingerprint density at radius 1 is 0.943 bits per heavy atom. The second-order valence-electron chi connectivity index (χ2n) is 7.54. The third kappa shape index (κ3) is 7.68. The number of nitrogens with zero attached hydrogens (tertiary/aromatic N) is 1. The molecule has 180 valence electrons. The second kappa shape index (κ2) is 12.3. The van der Waals surface area contributed by atoms with Crippen LogP contribution in [0.2, 0.25) is 5.02 Å². The number of aryl methyl sites for hydroxylation is 2. The van der Waals surface area contributed by atoms with E-state index in [2.05, 4.69) is 21.2 Å². The van der Waals surface area contributed by atoms with Crippen LogP contribution >= 0.6 is 11.6 Å². The van der Waals surface area contributed by atoms with Crippen LogP contribution in [0.5, 0.6) is 5.75 Å². The molecule has 0 radical (unpaired) electrons. The molecule has 3 rings (SSSR count). The lowest BCUT2D eigenvalue weighted by Crippen LogP contribution is -2.32. The van der Waals surface area contributed by atoms with Gasteiger partial charge in [0, 0.05) is 22.0 Å². The van der Waals surface area contributed by atoms with Crippen LogP contribution in [-0.2, 0) is 20.8 Å². The highest BCUT2D eigenvalue weighted by atomic mass is 35.5. The highest BCUT2D eigenvalue weighted by Gasteiger charge is 2.13. The van der Waals surface area contributed by atoms with Crippen molar-refractivity contribution in [2.24, 2.45) is 5.10 Å². The number of hydrazone groups is 1. The van der Waals surface area contributed by atoms with Crippen molar-refractivity contribution in [2.75, 3.05) is 17.2 Å². The number of hydrogen-bond acceptors (Lipinski definition) is 5. The lowest BCUT2D eigenvalue weighted by molar-refractivity contribution is -0.136. The molecule has 3 amide bonds. The van der Waals surface area contributed by atoms with Crippen LogP contribution in [-0.4, -0.2) is 30.5 Å². The molecule has 0 aliphatic heterocycles. The molecule has 0 aromatic heterocycles. The molecule has 3 N–H and O–H groups in total. The van der Waals surface area contributed by atoms with E-state index in [9.17, 15) is 14.4 Å². The van der Waals surface area contributed by atoms with Crippen LogP contribution in [0.25, 0.3) is 0 Å². The largest absolute Gasteiger partial charge is 0.483 e. The minimum Gasteiger partial charge on any atom is -0.483 e. The number of para-hydroxylation sites is 1. The van der Waals surface area contributed by atoms with E-state index in [0.29, 0.717) is 27.7 Å². The highest BCUT2D eigenvalue weighted by molar-refractivity contribution is 6.39. The predicted molar refractivity (Wildman–Crippen MR) is 137 cm³/mol. The van der Waals surface area contributed by atoms with E-state index in [1.165, 1.54) is 6.21 Å². The Morgan fingerprint density at radius 2 is 1.66 bits per heavy atom. The molecule has 3 aromatic carbocycles. The van der Waals surface area contributed by atoms with Gasteiger partial charge in [0.25, 0.3) is 5.91 Å². The Kier molecular flexibility index (Phi) is 8.97. The molecule has 8 nitrogen and oxygen atoms in total. The molecule has 0 aliphatic carbocycles. The number of carbonyl (C=O) groups excluding carboxylic acids is 3. The number of hydrogen-bond donors (Lipinski definition) is 3. The van der Waals surface area contributed by atoms with Gasteiger partial charge < -0.3 is 15.4 Å². The number of halogens is 1. The fourth-order valence-corrected chi connectivity index (χ4v) is 3.13. The molecule has 0 saturated heterocycles. The summed E-state index contributed by atoms with van der Waals surface area (Å²) in [6.45, 7) is 3.65. The van der Waals surface area contributed by atoms with Gasteiger partial charge in [-0.05, 0) is 60.9 Å². The van der Waals surface area contributed by atoms with Crippen LogP contribution < -0.4 is 20.8 Å². The summed E-state index contributed by atoms with van der Waals surface area (Å²) >= 11 is 6.08. The van der Waals surface area contributed by atoms with E-state index in [4.69, 9.17) is 16.3 Å². The Bertz CT molecular complexity index is 1240. The second-order valence-corrected chi connectivity index (χ2v) is 7.95. The maximum Gasteiger partial charge on any atom is 0.329 e. The highest BCUT2D eigenvalue weighted by Crippen LogP contribution is 2.20. The van der Waals surface area contributed by atoms with Gasteiger partial charge in [0.2, 0.25) is 0 Å². The van der Waals surface area contributed by atoms with Gasteiger partial charge in [-0.2, -0.15) is 5.10 Å². The molecule has 0 spiro atoms. The maximum absolute atomic E-state index is 12.2. The van der Waals surface area contributed by atoms with Crippen molar-refractivity contribution in [3.63, 3.8) is 0 Å². The minimum absolute atomic E-state index is 0.248. The Hall–Kier alpha value is -4.17. The first-order valence-corrected chi connectivity index (χ1v) is 11.2. The molecule has 0 heterocycles. The number of amides is 3. The molecule has 0 fully saturated rings. The normalized spacial score (nSPS) is 10.6. The van der Waals surface area contributed by atoms with Crippen LogP contribution in [0.1, 0.15) is 23.6 Å². The van der Waals surface area contributed by atoms with Crippen LogP contribution in [0.15, 0.2) is 71.8 Å². The first-order chi connectivity index (χ1) is 16.9. The molecular formula is C26H25ClN4O4. The zero-order valence-corrected chi connectivity index (χ0v) is 20.1. The first-order valence-electron chi connectivity index (χ1n) is 10.9. The van der Waals surface area contributed by atoms with Gasteiger partial charge in [-0.15, -0.1) is 0 Å². The Balaban J connectivity index is 1.52. The van der Waals surface area contributed by atoms with Crippen molar-refractivity contribution in [2.45, 2.75) is 20.3 Å². The fourth-order valence-electron chi connectivity index (χ4n) is 2.95. The number of anilines is 2. The molecular weight excluding hydrogens is 468 g/mol. The lowest BCUT2D eigenvalue weighted by Gasteiger charge is -2.10. The zero-order chi connectivity index (χ0) is 25.2. The maximum atomic E-state index is 12.2. The van der Waals surface area contributed by atoms with Gasteiger partial charge >= 0.3 is 11.8 Å². The van der Waals surface area contributed by atoms with Crippen molar-refractivity contribution in [3.8, 4) is 5.75 Å². The SMILES string of the molecule is CCc1ccc(NC(=O)C(=O)N/N=C\c2ccccc2OCC(=O)Nc2ccc(C)c(Cl)c2)cc1. The van der Waals surface area contributed by atoms with Crippen molar-refractivity contribution in [1.29, 1.82) is 0 Å². The first kappa shape index (κ1) is 25.5. The summed E-state index contributed by atoms with van der Waals surface area (Å²) in [5, 5.41) is 9.60. The van der Waals surface area contributed by atoms with Crippen molar-refractivity contribution < 1.29 is 19.1 Å². The number of ether oxygens (including phenoxy) is 1. The van der Waals surface area contributed by atoms with Crippen molar-refractivity contribution >= 4 is 46.9 Å².